The Morgan fingerprint density at radius 2 is 2.17 bits per heavy atom. The van der Waals surface area contributed by atoms with E-state index in [1.54, 1.807) is 6.20 Å². The maximum Gasteiger partial charge on any atom is 0.404 e. The summed E-state index contributed by atoms with van der Waals surface area (Å²) in [5.74, 6) is 0.736. The van der Waals surface area contributed by atoms with E-state index in [-0.39, 0.29) is 12.0 Å². The Morgan fingerprint density at radius 3 is 2.78 bits per heavy atom. The summed E-state index contributed by atoms with van der Waals surface area (Å²) >= 11 is 1.44. The van der Waals surface area contributed by atoms with Crippen LogP contribution < -0.4 is 10.1 Å². The van der Waals surface area contributed by atoms with Crippen LogP contribution in [-0.4, -0.2) is 22.8 Å². The van der Waals surface area contributed by atoms with Crippen molar-refractivity contribution < 1.29 is 14.6 Å². The van der Waals surface area contributed by atoms with Gasteiger partial charge in [0.2, 0.25) is 0 Å². The fraction of sp³-hybridized carbons (Fsp3) is 0.312. The lowest BCUT2D eigenvalue weighted by Crippen LogP contribution is -2.19. The van der Waals surface area contributed by atoms with Crippen LogP contribution in [0, 0.1) is 16.7 Å². The quantitative estimate of drug-likeness (QED) is 0.848. The molecule has 23 heavy (non-hydrogen) atoms. The Balaban J connectivity index is 1.61. The van der Waals surface area contributed by atoms with Crippen LogP contribution in [0.15, 0.2) is 30.5 Å². The van der Waals surface area contributed by atoms with Crippen LogP contribution >= 0.6 is 11.3 Å². The Morgan fingerprint density at radius 1 is 1.43 bits per heavy atom. The van der Waals surface area contributed by atoms with E-state index in [0.29, 0.717) is 6.61 Å². The summed E-state index contributed by atoms with van der Waals surface area (Å²) in [5.41, 5.74) is 0.672. The number of amides is 1. The first kappa shape index (κ1) is 15.3. The van der Waals surface area contributed by atoms with E-state index in [2.05, 4.69) is 16.4 Å². The molecule has 7 heteroatoms. The van der Waals surface area contributed by atoms with Gasteiger partial charge in [0, 0.05) is 16.6 Å². The standard InChI is InChI=1S/C16H15N3O3S/c17-9-16(5-6-16)10-22-12-3-1-11(2-4-12)14-18-7-13(23-14)8-19-15(20)21/h1-4,7,19H,5-6,8,10H2,(H,20,21). The van der Waals surface area contributed by atoms with Crippen LogP contribution in [0.4, 0.5) is 4.79 Å². The second-order valence-corrected chi connectivity index (χ2v) is 6.61. The highest BCUT2D eigenvalue weighted by atomic mass is 32.1. The lowest BCUT2D eigenvalue weighted by Gasteiger charge is -2.09. The van der Waals surface area contributed by atoms with Crippen LogP contribution in [0.1, 0.15) is 17.7 Å². The van der Waals surface area contributed by atoms with E-state index >= 15 is 0 Å². The minimum atomic E-state index is -1.05. The highest BCUT2D eigenvalue weighted by Gasteiger charge is 2.44. The molecule has 2 aromatic rings. The lowest BCUT2D eigenvalue weighted by atomic mass is 10.1. The predicted molar refractivity (Wildman–Crippen MR) is 85.2 cm³/mol. The van der Waals surface area contributed by atoms with Gasteiger partial charge < -0.3 is 15.2 Å². The molecule has 1 aromatic carbocycles. The zero-order valence-corrected chi connectivity index (χ0v) is 13.1. The molecule has 0 saturated heterocycles. The third-order valence-electron chi connectivity index (χ3n) is 3.67. The summed E-state index contributed by atoms with van der Waals surface area (Å²) in [5, 5.41) is 20.8. The molecule has 3 rings (SSSR count). The van der Waals surface area contributed by atoms with Gasteiger partial charge in [-0.05, 0) is 37.1 Å². The summed E-state index contributed by atoms with van der Waals surface area (Å²) in [6, 6.07) is 9.84. The molecule has 1 aromatic heterocycles. The van der Waals surface area contributed by atoms with Crippen LogP contribution in [0.25, 0.3) is 10.6 Å². The minimum Gasteiger partial charge on any atom is -0.492 e. The van der Waals surface area contributed by atoms with Gasteiger partial charge in [-0.25, -0.2) is 9.78 Å². The molecule has 6 nitrogen and oxygen atoms in total. The number of benzene rings is 1. The number of nitriles is 1. The predicted octanol–water partition coefficient (Wildman–Crippen LogP) is 3.26. The zero-order chi connectivity index (χ0) is 16.3. The molecule has 0 atom stereocenters. The lowest BCUT2D eigenvalue weighted by molar-refractivity contribution is 0.194. The maximum absolute atomic E-state index is 10.5. The molecule has 0 aliphatic heterocycles. The minimum absolute atomic E-state index is 0.254. The normalized spacial score (nSPS) is 14.7. The van der Waals surface area contributed by atoms with Gasteiger partial charge in [0.05, 0.1) is 18.0 Å². The summed E-state index contributed by atoms with van der Waals surface area (Å²) in [7, 11) is 0. The molecular formula is C16H15N3O3S. The zero-order valence-electron chi connectivity index (χ0n) is 12.3. The van der Waals surface area contributed by atoms with E-state index in [0.717, 1.165) is 34.0 Å². The average molecular weight is 329 g/mol. The first-order valence-electron chi connectivity index (χ1n) is 7.16. The number of carboxylic acid groups (broad SMARTS) is 1. The van der Waals surface area contributed by atoms with Crippen molar-refractivity contribution in [3.8, 4) is 22.4 Å². The Hall–Kier alpha value is -2.59. The van der Waals surface area contributed by atoms with E-state index in [1.807, 2.05) is 24.3 Å². The topological polar surface area (TPSA) is 95.2 Å². The molecule has 2 N–H and O–H groups in total. The van der Waals surface area contributed by atoms with Gasteiger partial charge in [0.1, 0.15) is 17.4 Å². The average Bonchev–Trinajstić information content (AvgIpc) is 3.20. The highest BCUT2D eigenvalue weighted by Crippen LogP contribution is 2.45. The van der Waals surface area contributed by atoms with Crippen molar-refractivity contribution in [2.24, 2.45) is 5.41 Å². The highest BCUT2D eigenvalue weighted by molar-refractivity contribution is 7.15. The van der Waals surface area contributed by atoms with Crippen LogP contribution in [0.2, 0.25) is 0 Å². The molecule has 1 heterocycles. The van der Waals surface area contributed by atoms with Gasteiger partial charge in [-0.3, -0.25) is 0 Å². The van der Waals surface area contributed by atoms with E-state index in [1.165, 1.54) is 11.3 Å². The fourth-order valence-corrected chi connectivity index (χ4v) is 2.90. The van der Waals surface area contributed by atoms with Crippen molar-refractivity contribution in [1.29, 1.82) is 5.26 Å². The number of rotatable bonds is 6. The van der Waals surface area contributed by atoms with Crippen LogP contribution in [-0.2, 0) is 6.54 Å². The molecular weight excluding hydrogens is 314 g/mol. The first-order chi connectivity index (χ1) is 11.1. The number of ether oxygens (including phenoxy) is 1. The molecule has 1 amide bonds. The third kappa shape index (κ3) is 3.79. The van der Waals surface area contributed by atoms with Crippen molar-refractivity contribution in [3.05, 3.63) is 35.3 Å². The van der Waals surface area contributed by atoms with Crippen molar-refractivity contribution >= 4 is 17.4 Å². The third-order valence-corrected chi connectivity index (χ3v) is 4.72. The number of nitrogens with zero attached hydrogens (tertiary/aromatic N) is 2. The monoisotopic (exact) mass is 329 g/mol. The molecule has 1 saturated carbocycles. The summed E-state index contributed by atoms with van der Waals surface area (Å²) in [6.07, 6.45) is 2.44. The molecule has 1 aliphatic carbocycles. The maximum atomic E-state index is 10.5. The molecule has 0 unspecified atom stereocenters. The summed E-state index contributed by atoms with van der Waals surface area (Å²) < 4.78 is 5.67. The molecule has 0 spiro atoms. The summed E-state index contributed by atoms with van der Waals surface area (Å²) in [6.45, 7) is 0.690. The number of aromatic nitrogens is 1. The molecule has 0 bridgehead atoms. The smallest absolute Gasteiger partial charge is 0.404 e. The molecule has 1 aliphatic rings. The van der Waals surface area contributed by atoms with Crippen molar-refractivity contribution in [1.82, 2.24) is 10.3 Å². The van der Waals surface area contributed by atoms with E-state index < -0.39 is 6.09 Å². The second kappa shape index (κ2) is 6.26. The number of hydrogen-bond acceptors (Lipinski definition) is 5. The van der Waals surface area contributed by atoms with Crippen molar-refractivity contribution in [2.75, 3.05) is 6.61 Å². The van der Waals surface area contributed by atoms with Crippen LogP contribution in [0.3, 0.4) is 0 Å². The van der Waals surface area contributed by atoms with Crippen LogP contribution in [0.5, 0.6) is 5.75 Å². The van der Waals surface area contributed by atoms with Gasteiger partial charge in [-0.15, -0.1) is 11.3 Å². The van der Waals surface area contributed by atoms with E-state index in [4.69, 9.17) is 15.1 Å². The number of nitrogens with one attached hydrogen (secondary N) is 1. The number of carbonyl (C=O) groups is 1. The van der Waals surface area contributed by atoms with Crippen molar-refractivity contribution in [3.63, 3.8) is 0 Å². The molecule has 0 radical (unpaired) electrons. The Labute approximate surface area is 137 Å². The fourth-order valence-electron chi connectivity index (χ4n) is 2.04. The van der Waals surface area contributed by atoms with Crippen molar-refractivity contribution in [2.45, 2.75) is 19.4 Å². The number of thiazole rings is 1. The SMILES string of the molecule is N#CC1(COc2ccc(-c3ncc(CNC(=O)O)s3)cc2)CC1. The van der Waals surface area contributed by atoms with Gasteiger partial charge in [-0.1, -0.05) is 0 Å². The first-order valence-corrected chi connectivity index (χ1v) is 7.98. The van der Waals surface area contributed by atoms with Gasteiger partial charge in [-0.2, -0.15) is 5.26 Å². The summed E-state index contributed by atoms with van der Waals surface area (Å²) in [4.78, 5) is 15.6. The van der Waals surface area contributed by atoms with Gasteiger partial charge >= 0.3 is 6.09 Å². The molecule has 1 fully saturated rings. The number of hydrogen-bond donors (Lipinski definition) is 2. The van der Waals surface area contributed by atoms with Gasteiger partial charge in [0.15, 0.2) is 0 Å². The second-order valence-electron chi connectivity index (χ2n) is 5.50. The Bertz CT molecular complexity index is 745. The largest absolute Gasteiger partial charge is 0.492 e. The van der Waals surface area contributed by atoms with E-state index in [9.17, 15) is 4.79 Å². The Kier molecular flexibility index (Phi) is 4.17. The van der Waals surface area contributed by atoms with Gasteiger partial charge in [0.25, 0.3) is 0 Å². The molecule has 118 valence electrons.